The molecule has 0 aromatic carbocycles. The smallest absolute Gasteiger partial charge is 0.403 e. The summed E-state index contributed by atoms with van der Waals surface area (Å²) in [6.07, 6.45) is 2.42. The fourth-order valence-corrected chi connectivity index (χ4v) is 1.71. The lowest BCUT2D eigenvalue weighted by atomic mass is 9.83. The number of hydrogen-bond acceptors (Lipinski definition) is 4. The number of nitrogens with zero attached hydrogens (tertiary/aromatic N) is 3. The third-order valence-corrected chi connectivity index (χ3v) is 3.49. The summed E-state index contributed by atoms with van der Waals surface area (Å²) in [4.78, 5) is 0. The molecule has 1 aliphatic rings. The maximum atomic E-state index is 5.90. The van der Waals surface area contributed by atoms with Gasteiger partial charge in [0.1, 0.15) is 0 Å². The van der Waals surface area contributed by atoms with E-state index in [9.17, 15) is 0 Å². The van der Waals surface area contributed by atoms with Crippen LogP contribution in [0.5, 0.6) is 0 Å². The highest BCUT2D eigenvalue weighted by atomic mass is 16.7. The third kappa shape index (κ3) is 1.87. The first-order valence-corrected chi connectivity index (χ1v) is 5.51. The van der Waals surface area contributed by atoms with Crippen molar-refractivity contribution >= 4 is 7.12 Å². The molecule has 2 rings (SSSR count). The van der Waals surface area contributed by atoms with E-state index in [1.54, 1.807) is 10.9 Å². The van der Waals surface area contributed by atoms with Crippen molar-refractivity contribution in [2.75, 3.05) is 0 Å². The van der Waals surface area contributed by atoms with E-state index in [1.165, 1.54) is 0 Å². The molecule has 1 saturated heterocycles. The molecule has 0 N–H and O–H groups in total. The molecule has 1 aromatic rings. The largest absolute Gasteiger partial charge is 0.464 e. The minimum Gasteiger partial charge on any atom is -0.403 e. The van der Waals surface area contributed by atoms with Gasteiger partial charge in [0.25, 0.3) is 0 Å². The molecular weight excluding hydrogens is 205 g/mol. The second-order valence-corrected chi connectivity index (χ2v) is 5.24. The molecular formula is C10H18BN3O2. The zero-order valence-corrected chi connectivity index (χ0v) is 10.5. The zero-order valence-electron chi connectivity index (χ0n) is 10.5. The van der Waals surface area contributed by atoms with Crippen molar-refractivity contribution in [3.8, 4) is 0 Å². The van der Waals surface area contributed by atoms with Crippen molar-refractivity contribution in [1.29, 1.82) is 0 Å². The number of aromatic nitrogens is 3. The van der Waals surface area contributed by atoms with Gasteiger partial charge in [0.05, 0.1) is 23.1 Å². The predicted molar refractivity (Wildman–Crippen MR) is 60.8 cm³/mol. The van der Waals surface area contributed by atoms with Crippen molar-refractivity contribution in [3.63, 3.8) is 0 Å². The highest BCUT2D eigenvalue weighted by Gasteiger charge is 2.51. The Morgan fingerprint density at radius 3 is 2.25 bits per heavy atom. The van der Waals surface area contributed by atoms with Crippen LogP contribution >= 0.6 is 0 Å². The van der Waals surface area contributed by atoms with Gasteiger partial charge < -0.3 is 9.31 Å². The van der Waals surface area contributed by atoms with Crippen LogP contribution in [-0.2, 0) is 22.7 Å². The Morgan fingerprint density at radius 1 is 1.25 bits per heavy atom. The Bertz CT molecular complexity index is 373. The fraction of sp³-hybridized carbons (Fsp3) is 0.800. The van der Waals surface area contributed by atoms with Crippen LogP contribution in [0.3, 0.4) is 0 Å². The van der Waals surface area contributed by atoms with Crippen molar-refractivity contribution < 1.29 is 9.31 Å². The van der Waals surface area contributed by atoms with Crippen LogP contribution < -0.4 is 0 Å². The quantitative estimate of drug-likeness (QED) is 0.701. The number of rotatable bonds is 2. The monoisotopic (exact) mass is 223 g/mol. The molecule has 16 heavy (non-hydrogen) atoms. The van der Waals surface area contributed by atoms with Gasteiger partial charge in [-0.15, -0.1) is 5.10 Å². The molecule has 1 aliphatic heterocycles. The topological polar surface area (TPSA) is 49.2 Å². The molecule has 0 radical (unpaired) electrons. The molecule has 6 heteroatoms. The Hall–Kier alpha value is -0.875. The van der Waals surface area contributed by atoms with Gasteiger partial charge in [-0.25, -0.2) is 0 Å². The van der Waals surface area contributed by atoms with Crippen LogP contribution in [0.2, 0.25) is 0 Å². The van der Waals surface area contributed by atoms with E-state index in [2.05, 4.69) is 38.0 Å². The molecule has 0 saturated carbocycles. The molecule has 0 unspecified atom stereocenters. The zero-order chi connectivity index (χ0) is 12.0. The summed E-state index contributed by atoms with van der Waals surface area (Å²) < 4.78 is 13.5. The van der Waals surface area contributed by atoms with Gasteiger partial charge in [-0.3, -0.25) is 4.68 Å². The Balaban J connectivity index is 2.08. The summed E-state index contributed by atoms with van der Waals surface area (Å²) in [5, 5.41) is 7.73. The van der Waals surface area contributed by atoms with Gasteiger partial charge in [0, 0.05) is 13.4 Å². The van der Waals surface area contributed by atoms with E-state index in [-0.39, 0.29) is 18.3 Å². The molecule has 0 amide bonds. The highest BCUT2D eigenvalue weighted by Crippen LogP contribution is 2.37. The molecule has 0 atom stereocenters. The van der Waals surface area contributed by atoms with E-state index in [0.717, 1.165) is 5.69 Å². The summed E-state index contributed by atoms with van der Waals surface area (Å²) in [6.45, 7) is 8.20. The lowest BCUT2D eigenvalue weighted by Crippen LogP contribution is -2.41. The van der Waals surface area contributed by atoms with Crippen LogP contribution in [0.4, 0.5) is 0 Å². The maximum Gasteiger partial charge on any atom is 0.464 e. The van der Waals surface area contributed by atoms with Gasteiger partial charge in [-0.2, -0.15) is 0 Å². The van der Waals surface area contributed by atoms with Crippen LogP contribution in [0.15, 0.2) is 6.20 Å². The van der Waals surface area contributed by atoms with Crippen molar-refractivity contribution in [1.82, 2.24) is 15.0 Å². The molecule has 1 aromatic heterocycles. The van der Waals surface area contributed by atoms with Crippen molar-refractivity contribution in [3.05, 3.63) is 11.9 Å². The van der Waals surface area contributed by atoms with Gasteiger partial charge >= 0.3 is 7.12 Å². The number of aryl methyl sites for hydroxylation is 1. The predicted octanol–water partition coefficient (Wildman–Crippen LogP) is 0.989. The van der Waals surface area contributed by atoms with Crippen LogP contribution in [-0.4, -0.2) is 33.3 Å². The molecule has 88 valence electrons. The van der Waals surface area contributed by atoms with Crippen LogP contribution in [0.25, 0.3) is 0 Å². The first-order chi connectivity index (χ1) is 7.32. The molecule has 2 heterocycles. The van der Waals surface area contributed by atoms with Crippen molar-refractivity contribution in [2.24, 2.45) is 7.05 Å². The Labute approximate surface area is 96.3 Å². The van der Waals surface area contributed by atoms with Gasteiger partial charge in [-0.05, 0) is 27.7 Å². The average Bonchev–Trinajstić information content (AvgIpc) is 2.57. The number of hydrogen-bond donors (Lipinski definition) is 0. The highest BCUT2D eigenvalue weighted by molar-refractivity contribution is 6.44. The van der Waals surface area contributed by atoms with Gasteiger partial charge in [0.15, 0.2) is 0 Å². The summed E-state index contributed by atoms with van der Waals surface area (Å²) in [5.74, 6) is 0. The summed E-state index contributed by atoms with van der Waals surface area (Å²) >= 11 is 0. The van der Waals surface area contributed by atoms with E-state index < -0.39 is 0 Å². The molecule has 0 bridgehead atoms. The average molecular weight is 223 g/mol. The Kier molecular flexibility index (Phi) is 2.59. The Morgan fingerprint density at radius 2 is 1.81 bits per heavy atom. The van der Waals surface area contributed by atoms with Gasteiger partial charge in [-0.1, -0.05) is 5.21 Å². The van der Waals surface area contributed by atoms with Crippen molar-refractivity contribution in [2.45, 2.75) is 45.2 Å². The third-order valence-electron chi connectivity index (χ3n) is 3.49. The van der Waals surface area contributed by atoms with Crippen LogP contribution in [0.1, 0.15) is 33.4 Å². The summed E-state index contributed by atoms with van der Waals surface area (Å²) in [7, 11) is 1.65. The standard InChI is InChI=1S/C10H18BN3O2/c1-9(2)10(3,4)16-11(15-9)6-8-7-12-13-14(8)5/h7H,6H2,1-5H3. The normalized spacial score (nSPS) is 22.7. The SMILES string of the molecule is Cn1nncc1CB1OC(C)(C)C(C)(C)O1. The van der Waals surface area contributed by atoms with E-state index in [0.29, 0.717) is 6.32 Å². The lowest BCUT2D eigenvalue weighted by molar-refractivity contribution is 0.00578. The minimum atomic E-state index is -0.274. The summed E-state index contributed by atoms with van der Waals surface area (Å²) in [5.41, 5.74) is 0.464. The van der Waals surface area contributed by atoms with E-state index in [4.69, 9.17) is 9.31 Å². The second kappa shape index (κ2) is 3.57. The minimum absolute atomic E-state index is 0.220. The first-order valence-electron chi connectivity index (χ1n) is 5.51. The first kappa shape index (κ1) is 11.6. The van der Waals surface area contributed by atoms with E-state index in [1.807, 2.05) is 7.05 Å². The maximum absolute atomic E-state index is 5.90. The van der Waals surface area contributed by atoms with E-state index >= 15 is 0 Å². The second-order valence-electron chi connectivity index (χ2n) is 5.24. The molecule has 1 fully saturated rings. The summed E-state index contributed by atoms with van der Waals surface area (Å²) in [6, 6.07) is 0. The van der Waals surface area contributed by atoms with Crippen LogP contribution in [0, 0.1) is 0 Å². The molecule has 0 spiro atoms. The molecule has 5 nitrogen and oxygen atoms in total. The van der Waals surface area contributed by atoms with Gasteiger partial charge in [0.2, 0.25) is 0 Å². The fourth-order valence-electron chi connectivity index (χ4n) is 1.71. The lowest BCUT2D eigenvalue weighted by Gasteiger charge is -2.32. The molecule has 0 aliphatic carbocycles.